The molecule has 86 valence electrons. The summed E-state index contributed by atoms with van der Waals surface area (Å²) >= 11 is 0. The van der Waals surface area contributed by atoms with Crippen LogP contribution in [0.15, 0.2) is 18.2 Å². The molecule has 1 aliphatic heterocycles. The normalized spacial score (nSPS) is 16.2. The van der Waals surface area contributed by atoms with Crippen LogP contribution in [-0.2, 0) is 4.84 Å². The van der Waals surface area contributed by atoms with Gasteiger partial charge in [-0.2, -0.15) is 0 Å². The Balaban J connectivity index is 2.16. The zero-order valence-electron chi connectivity index (χ0n) is 9.27. The Morgan fingerprint density at radius 1 is 1.44 bits per heavy atom. The van der Waals surface area contributed by atoms with Crippen molar-refractivity contribution in [3.63, 3.8) is 0 Å². The van der Waals surface area contributed by atoms with Crippen LogP contribution in [-0.4, -0.2) is 29.2 Å². The number of amides is 1. The van der Waals surface area contributed by atoms with Gasteiger partial charge < -0.3 is 5.11 Å². The van der Waals surface area contributed by atoms with Crippen molar-refractivity contribution in [2.45, 2.75) is 19.8 Å². The molecule has 0 aliphatic carbocycles. The Hall–Kier alpha value is -1.55. The lowest BCUT2D eigenvalue weighted by Gasteiger charge is -2.25. The molecule has 0 radical (unpaired) electrons. The summed E-state index contributed by atoms with van der Waals surface area (Å²) in [6.07, 6.45) is 1.95. The monoisotopic (exact) mass is 221 g/mol. The van der Waals surface area contributed by atoms with E-state index in [0.29, 0.717) is 18.7 Å². The van der Waals surface area contributed by atoms with E-state index in [1.165, 1.54) is 11.1 Å². The minimum Gasteiger partial charge on any atom is -0.508 e. The largest absolute Gasteiger partial charge is 0.508 e. The molecule has 1 heterocycles. The van der Waals surface area contributed by atoms with Gasteiger partial charge in [0.1, 0.15) is 5.75 Å². The highest BCUT2D eigenvalue weighted by atomic mass is 16.7. The maximum absolute atomic E-state index is 12.0. The maximum atomic E-state index is 12.0. The summed E-state index contributed by atoms with van der Waals surface area (Å²) < 4.78 is 0. The maximum Gasteiger partial charge on any atom is 0.277 e. The van der Waals surface area contributed by atoms with E-state index in [-0.39, 0.29) is 11.7 Å². The van der Waals surface area contributed by atoms with E-state index in [0.717, 1.165) is 18.4 Å². The van der Waals surface area contributed by atoms with Gasteiger partial charge in [-0.3, -0.25) is 9.63 Å². The molecule has 1 fully saturated rings. The van der Waals surface area contributed by atoms with Crippen LogP contribution < -0.4 is 0 Å². The van der Waals surface area contributed by atoms with Crippen LogP contribution in [0.4, 0.5) is 0 Å². The highest BCUT2D eigenvalue weighted by Gasteiger charge is 2.19. The van der Waals surface area contributed by atoms with Gasteiger partial charge in [0.25, 0.3) is 5.91 Å². The minimum atomic E-state index is -0.185. The van der Waals surface area contributed by atoms with Gasteiger partial charge in [-0.25, -0.2) is 5.06 Å². The lowest BCUT2D eigenvalue weighted by atomic mass is 10.1. The lowest BCUT2D eigenvalue weighted by Crippen LogP contribution is -2.35. The molecule has 4 nitrogen and oxygen atoms in total. The molecule has 1 aromatic carbocycles. The molecule has 1 saturated heterocycles. The molecule has 0 aromatic heterocycles. The SMILES string of the molecule is Cc1ccc(C(=O)N2CCCCO2)cc1O. The number of carbonyl (C=O) groups excluding carboxylic acids is 1. The van der Waals surface area contributed by atoms with E-state index in [9.17, 15) is 9.90 Å². The average Bonchev–Trinajstić information content (AvgIpc) is 2.33. The number of aryl methyl sites for hydroxylation is 1. The number of phenols is 1. The molecule has 0 bridgehead atoms. The molecule has 2 rings (SSSR count). The fraction of sp³-hybridized carbons (Fsp3) is 0.417. The topological polar surface area (TPSA) is 49.8 Å². The summed E-state index contributed by atoms with van der Waals surface area (Å²) in [5.41, 5.74) is 1.22. The number of hydrogen-bond acceptors (Lipinski definition) is 3. The van der Waals surface area contributed by atoms with Crippen LogP contribution >= 0.6 is 0 Å². The van der Waals surface area contributed by atoms with Crippen LogP contribution in [0, 0.1) is 6.92 Å². The molecule has 0 saturated carbocycles. The third-order valence-electron chi connectivity index (χ3n) is 2.69. The quantitative estimate of drug-likeness (QED) is 0.787. The van der Waals surface area contributed by atoms with E-state index in [1.807, 2.05) is 0 Å². The summed E-state index contributed by atoms with van der Waals surface area (Å²) in [6, 6.07) is 4.91. The second-order valence-electron chi connectivity index (χ2n) is 3.95. The first-order valence-corrected chi connectivity index (χ1v) is 5.43. The number of aromatic hydroxyl groups is 1. The van der Waals surface area contributed by atoms with Gasteiger partial charge in [0.15, 0.2) is 0 Å². The van der Waals surface area contributed by atoms with Gasteiger partial charge in [-0.15, -0.1) is 0 Å². The first kappa shape index (κ1) is 11.0. The first-order valence-electron chi connectivity index (χ1n) is 5.43. The highest BCUT2D eigenvalue weighted by Crippen LogP contribution is 2.19. The summed E-state index contributed by atoms with van der Waals surface area (Å²) in [6.45, 7) is 3.00. The molecule has 0 atom stereocenters. The Labute approximate surface area is 94.4 Å². The van der Waals surface area contributed by atoms with Crippen molar-refractivity contribution in [2.24, 2.45) is 0 Å². The van der Waals surface area contributed by atoms with Crippen LogP contribution in [0.1, 0.15) is 28.8 Å². The molecule has 0 spiro atoms. The number of hydrogen-bond donors (Lipinski definition) is 1. The summed E-state index contributed by atoms with van der Waals surface area (Å²) in [5.74, 6) is -0.0436. The molecule has 1 N–H and O–H groups in total. The number of rotatable bonds is 1. The zero-order chi connectivity index (χ0) is 11.5. The van der Waals surface area contributed by atoms with Crippen molar-refractivity contribution in [2.75, 3.05) is 13.2 Å². The Bertz CT molecular complexity index is 397. The molecule has 1 aliphatic rings. The third-order valence-corrected chi connectivity index (χ3v) is 2.69. The van der Waals surface area contributed by atoms with Crippen LogP contribution in [0.5, 0.6) is 5.75 Å². The Morgan fingerprint density at radius 2 is 2.25 bits per heavy atom. The summed E-state index contributed by atoms with van der Waals surface area (Å²) in [4.78, 5) is 17.2. The predicted molar refractivity (Wildman–Crippen MR) is 59.1 cm³/mol. The number of hydroxylamine groups is 2. The van der Waals surface area contributed by atoms with Crippen molar-refractivity contribution in [3.05, 3.63) is 29.3 Å². The molecule has 1 aromatic rings. The van der Waals surface area contributed by atoms with E-state index in [4.69, 9.17) is 4.84 Å². The van der Waals surface area contributed by atoms with Crippen LogP contribution in [0.2, 0.25) is 0 Å². The highest BCUT2D eigenvalue weighted by molar-refractivity contribution is 5.94. The van der Waals surface area contributed by atoms with E-state index in [1.54, 1.807) is 19.1 Å². The fourth-order valence-corrected chi connectivity index (χ4v) is 1.64. The lowest BCUT2D eigenvalue weighted by molar-refractivity contribution is -0.144. The molecule has 16 heavy (non-hydrogen) atoms. The van der Waals surface area contributed by atoms with E-state index in [2.05, 4.69) is 0 Å². The molecular formula is C12H15NO3. The van der Waals surface area contributed by atoms with Crippen molar-refractivity contribution < 1.29 is 14.7 Å². The van der Waals surface area contributed by atoms with Gasteiger partial charge in [0.2, 0.25) is 0 Å². The molecular weight excluding hydrogens is 206 g/mol. The standard InChI is InChI=1S/C12H15NO3/c1-9-4-5-10(8-11(9)14)12(15)13-6-2-3-7-16-13/h4-5,8,14H,2-3,6-7H2,1H3. The van der Waals surface area contributed by atoms with E-state index < -0.39 is 0 Å². The first-order chi connectivity index (χ1) is 7.68. The van der Waals surface area contributed by atoms with Crippen LogP contribution in [0.3, 0.4) is 0 Å². The van der Waals surface area contributed by atoms with Gasteiger partial charge >= 0.3 is 0 Å². The predicted octanol–water partition coefficient (Wildman–Crippen LogP) is 1.87. The number of nitrogens with zero attached hydrogens (tertiary/aromatic N) is 1. The number of benzene rings is 1. The average molecular weight is 221 g/mol. The van der Waals surface area contributed by atoms with Crippen molar-refractivity contribution in [1.82, 2.24) is 5.06 Å². The second kappa shape index (κ2) is 4.53. The Kier molecular flexibility index (Phi) is 3.10. The van der Waals surface area contributed by atoms with Crippen LogP contribution in [0.25, 0.3) is 0 Å². The fourth-order valence-electron chi connectivity index (χ4n) is 1.64. The van der Waals surface area contributed by atoms with E-state index >= 15 is 0 Å². The number of carbonyl (C=O) groups is 1. The molecule has 4 heteroatoms. The third kappa shape index (κ3) is 2.17. The van der Waals surface area contributed by atoms with Gasteiger partial charge in [-0.1, -0.05) is 6.07 Å². The minimum absolute atomic E-state index is 0.142. The smallest absolute Gasteiger partial charge is 0.277 e. The Morgan fingerprint density at radius 3 is 2.88 bits per heavy atom. The number of phenolic OH excluding ortho intramolecular Hbond substituents is 1. The van der Waals surface area contributed by atoms with Gasteiger partial charge in [-0.05, 0) is 37.5 Å². The van der Waals surface area contributed by atoms with Crippen molar-refractivity contribution in [1.29, 1.82) is 0 Å². The molecule has 1 amide bonds. The molecule has 0 unspecified atom stereocenters. The van der Waals surface area contributed by atoms with Crippen molar-refractivity contribution >= 4 is 5.91 Å². The van der Waals surface area contributed by atoms with Gasteiger partial charge in [0.05, 0.1) is 6.61 Å². The summed E-state index contributed by atoms with van der Waals surface area (Å²) in [5, 5.41) is 10.9. The van der Waals surface area contributed by atoms with Crippen molar-refractivity contribution in [3.8, 4) is 5.75 Å². The zero-order valence-corrected chi connectivity index (χ0v) is 9.27. The summed E-state index contributed by atoms with van der Waals surface area (Å²) in [7, 11) is 0. The van der Waals surface area contributed by atoms with Gasteiger partial charge in [0, 0.05) is 12.1 Å². The second-order valence-corrected chi connectivity index (χ2v) is 3.95.